The maximum Gasteiger partial charge on any atom is 0.267 e. The summed E-state index contributed by atoms with van der Waals surface area (Å²) in [4.78, 5) is 19.9. The minimum atomic E-state index is -5.26. The lowest BCUT2D eigenvalue weighted by molar-refractivity contribution is -0.442. The topological polar surface area (TPSA) is 140 Å². The third-order valence-corrected chi connectivity index (χ3v) is 5.27. The standard InChI is InChI=1S/C11H23O8P/c1-7(2)8(3,12)9(4,13)10(5,14)11(6,18-7)19-20(15,16)17/h12-14H,1-6H3,(H2,15,16,17)/p-1/t8-,9?,10?,11+/m1/s1. The molecule has 20 heavy (non-hydrogen) atoms. The van der Waals surface area contributed by atoms with E-state index in [9.17, 15) is 24.8 Å². The first-order valence-corrected chi connectivity index (χ1v) is 7.53. The fourth-order valence-electron chi connectivity index (χ4n) is 2.52. The van der Waals surface area contributed by atoms with Gasteiger partial charge in [-0.2, -0.15) is 0 Å². The SMILES string of the molecule is CC1(O)C(C)(O)[C@](C)(O)C(C)(C)O[C@@]1(C)OP(=O)([O-])O. The Balaban J connectivity index is 3.48. The molecule has 0 aromatic carbocycles. The van der Waals surface area contributed by atoms with Crippen molar-refractivity contribution in [1.82, 2.24) is 0 Å². The second kappa shape index (κ2) is 4.24. The number of rotatable bonds is 2. The summed E-state index contributed by atoms with van der Waals surface area (Å²) >= 11 is 0. The molecule has 1 heterocycles. The van der Waals surface area contributed by atoms with Crippen LogP contribution in [-0.4, -0.2) is 48.4 Å². The van der Waals surface area contributed by atoms with Gasteiger partial charge in [-0.3, -0.25) is 9.09 Å². The Morgan fingerprint density at radius 3 is 1.70 bits per heavy atom. The van der Waals surface area contributed by atoms with Crippen molar-refractivity contribution in [2.75, 3.05) is 0 Å². The largest absolute Gasteiger partial charge is 0.756 e. The molecule has 1 saturated heterocycles. The summed E-state index contributed by atoms with van der Waals surface area (Å²) in [6.07, 6.45) is 0. The highest BCUT2D eigenvalue weighted by Crippen LogP contribution is 2.56. The van der Waals surface area contributed by atoms with E-state index in [1.807, 2.05) is 0 Å². The molecule has 0 aliphatic carbocycles. The van der Waals surface area contributed by atoms with E-state index in [1.165, 1.54) is 20.8 Å². The van der Waals surface area contributed by atoms with Gasteiger partial charge in [0.1, 0.15) is 16.8 Å². The van der Waals surface area contributed by atoms with Crippen LogP contribution < -0.4 is 4.89 Å². The first-order valence-electron chi connectivity index (χ1n) is 6.03. The Hall–Kier alpha value is -0.0500. The van der Waals surface area contributed by atoms with Crippen molar-refractivity contribution >= 4 is 7.82 Å². The molecule has 0 amide bonds. The third-order valence-electron chi connectivity index (χ3n) is 4.69. The molecule has 0 bridgehead atoms. The quantitative estimate of drug-likeness (QED) is 0.488. The number of phosphoric ester groups is 1. The van der Waals surface area contributed by atoms with Gasteiger partial charge < -0.3 is 29.8 Å². The number of ether oxygens (including phenoxy) is 1. The van der Waals surface area contributed by atoms with Gasteiger partial charge in [-0.15, -0.1) is 0 Å². The molecule has 0 aromatic heterocycles. The lowest BCUT2D eigenvalue weighted by Gasteiger charge is -2.64. The van der Waals surface area contributed by atoms with Crippen LogP contribution in [0.3, 0.4) is 0 Å². The Labute approximate surface area is 117 Å². The molecular formula is C11H22O8P-. The van der Waals surface area contributed by atoms with Crippen molar-refractivity contribution in [3.63, 3.8) is 0 Å². The monoisotopic (exact) mass is 313 g/mol. The molecule has 1 aliphatic rings. The first-order chi connectivity index (χ1) is 8.41. The maximum absolute atomic E-state index is 11.0. The van der Waals surface area contributed by atoms with Gasteiger partial charge in [-0.1, -0.05) is 0 Å². The predicted molar refractivity (Wildman–Crippen MR) is 66.4 cm³/mol. The summed E-state index contributed by atoms with van der Waals surface area (Å²) in [7, 11) is -5.26. The van der Waals surface area contributed by atoms with Crippen LogP contribution in [0, 0.1) is 0 Å². The minimum Gasteiger partial charge on any atom is -0.756 e. The van der Waals surface area contributed by atoms with E-state index in [1.54, 1.807) is 0 Å². The summed E-state index contributed by atoms with van der Waals surface area (Å²) < 4.78 is 20.8. The number of phosphoric acid groups is 1. The van der Waals surface area contributed by atoms with E-state index in [0.29, 0.717) is 0 Å². The zero-order chi connectivity index (χ0) is 16.4. The molecule has 1 aliphatic heterocycles. The molecule has 3 unspecified atom stereocenters. The molecule has 120 valence electrons. The highest BCUT2D eigenvalue weighted by molar-refractivity contribution is 7.44. The Morgan fingerprint density at radius 2 is 1.35 bits per heavy atom. The second-order valence-corrected chi connectivity index (χ2v) is 7.45. The molecular weight excluding hydrogens is 291 g/mol. The summed E-state index contributed by atoms with van der Waals surface area (Å²) in [5.74, 6) is -2.30. The number of aliphatic hydroxyl groups is 3. The van der Waals surface area contributed by atoms with Crippen molar-refractivity contribution in [3.05, 3.63) is 0 Å². The molecule has 9 heteroatoms. The van der Waals surface area contributed by atoms with Crippen molar-refractivity contribution in [2.24, 2.45) is 0 Å². The van der Waals surface area contributed by atoms with Crippen LogP contribution in [0.4, 0.5) is 0 Å². The van der Waals surface area contributed by atoms with E-state index >= 15 is 0 Å². The Kier molecular flexibility index (Phi) is 3.82. The second-order valence-electron chi connectivity index (χ2n) is 6.33. The lowest BCUT2D eigenvalue weighted by Crippen LogP contribution is -2.83. The molecule has 8 nitrogen and oxygen atoms in total. The van der Waals surface area contributed by atoms with Gasteiger partial charge in [0.2, 0.25) is 5.79 Å². The normalized spacial score (nSPS) is 51.5. The molecule has 0 saturated carbocycles. The number of hydrogen-bond donors (Lipinski definition) is 4. The first kappa shape index (κ1) is 18.0. The van der Waals surface area contributed by atoms with Gasteiger partial charge in [0, 0.05) is 0 Å². The molecule has 5 atom stereocenters. The van der Waals surface area contributed by atoms with Crippen LogP contribution in [0.25, 0.3) is 0 Å². The van der Waals surface area contributed by atoms with Gasteiger partial charge in [-0.25, -0.2) is 0 Å². The molecule has 0 radical (unpaired) electrons. The summed E-state index contributed by atoms with van der Waals surface area (Å²) in [6.45, 7) is 7.27. The average Bonchev–Trinajstić information content (AvgIpc) is 2.10. The highest BCUT2D eigenvalue weighted by Gasteiger charge is 2.74. The van der Waals surface area contributed by atoms with E-state index in [2.05, 4.69) is 4.52 Å². The van der Waals surface area contributed by atoms with Crippen molar-refractivity contribution in [3.8, 4) is 0 Å². The van der Waals surface area contributed by atoms with E-state index in [4.69, 9.17) is 9.63 Å². The van der Waals surface area contributed by atoms with Gasteiger partial charge in [-0.05, 0) is 41.5 Å². The zero-order valence-electron chi connectivity index (χ0n) is 12.4. The summed E-state index contributed by atoms with van der Waals surface area (Å²) in [6, 6.07) is 0. The van der Waals surface area contributed by atoms with Gasteiger partial charge in [0.25, 0.3) is 7.82 Å². The third kappa shape index (κ3) is 2.24. The Morgan fingerprint density at radius 1 is 0.950 bits per heavy atom. The fraction of sp³-hybridized carbons (Fsp3) is 1.00. The van der Waals surface area contributed by atoms with Crippen LogP contribution in [0.2, 0.25) is 0 Å². The van der Waals surface area contributed by atoms with E-state index < -0.39 is 36.0 Å². The smallest absolute Gasteiger partial charge is 0.267 e. The van der Waals surface area contributed by atoms with Gasteiger partial charge >= 0.3 is 0 Å². The van der Waals surface area contributed by atoms with Crippen molar-refractivity contribution in [1.29, 1.82) is 0 Å². The predicted octanol–water partition coefficient (Wildman–Crippen LogP) is -0.758. The highest BCUT2D eigenvalue weighted by atomic mass is 31.2. The molecule has 0 spiro atoms. The number of hydrogen-bond acceptors (Lipinski definition) is 7. The van der Waals surface area contributed by atoms with Crippen molar-refractivity contribution < 1.29 is 38.9 Å². The van der Waals surface area contributed by atoms with Crippen LogP contribution >= 0.6 is 7.82 Å². The van der Waals surface area contributed by atoms with Crippen molar-refractivity contribution in [2.45, 2.75) is 69.7 Å². The fourth-order valence-corrected chi connectivity index (χ4v) is 3.17. The van der Waals surface area contributed by atoms with E-state index in [0.717, 1.165) is 20.8 Å². The average molecular weight is 313 g/mol. The lowest BCUT2D eigenvalue weighted by atomic mass is 9.61. The molecule has 4 N–H and O–H groups in total. The summed E-state index contributed by atoms with van der Waals surface area (Å²) in [5.41, 5.74) is -7.97. The van der Waals surface area contributed by atoms with Crippen LogP contribution in [0.5, 0.6) is 0 Å². The molecule has 0 aromatic rings. The van der Waals surface area contributed by atoms with Crippen LogP contribution in [0.15, 0.2) is 0 Å². The zero-order valence-corrected chi connectivity index (χ0v) is 13.3. The molecule has 1 fully saturated rings. The van der Waals surface area contributed by atoms with Crippen LogP contribution in [0.1, 0.15) is 41.5 Å². The Bertz CT molecular complexity index is 449. The molecule has 1 rings (SSSR count). The van der Waals surface area contributed by atoms with Gasteiger partial charge in [0.05, 0.1) is 5.60 Å². The maximum atomic E-state index is 11.0. The van der Waals surface area contributed by atoms with E-state index in [-0.39, 0.29) is 0 Å². The summed E-state index contributed by atoms with van der Waals surface area (Å²) in [5, 5.41) is 31.6. The van der Waals surface area contributed by atoms with Gasteiger partial charge in [0.15, 0.2) is 0 Å². The minimum absolute atomic E-state index is 1.05. The van der Waals surface area contributed by atoms with Crippen LogP contribution in [-0.2, 0) is 13.8 Å².